The maximum Gasteiger partial charge on any atom is 0.250 e. The van der Waals surface area contributed by atoms with Crippen molar-refractivity contribution in [2.75, 3.05) is 0 Å². The number of aromatic nitrogens is 2. The number of imidazole rings is 1. The van der Waals surface area contributed by atoms with Crippen LogP contribution in [0.1, 0.15) is 25.6 Å². The Morgan fingerprint density at radius 1 is 1.57 bits per heavy atom. The molecule has 5 heteroatoms. The number of aromatic amines is 1. The molecule has 0 saturated carbocycles. The minimum Gasteiger partial charge on any atom is -0.342 e. The van der Waals surface area contributed by atoms with Crippen LogP contribution in [0.15, 0.2) is 17.4 Å². The van der Waals surface area contributed by atoms with Crippen molar-refractivity contribution >= 4 is 11.7 Å². The molecule has 1 unspecified atom stereocenters. The fraction of sp³-hybridized carbons (Fsp3) is 0.444. The summed E-state index contributed by atoms with van der Waals surface area (Å²) >= 11 is 0. The molecular weight excluding hydrogens is 180 g/mol. The average Bonchev–Trinajstić information content (AvgIpc) is 2.76. The van der Waals surface area contributed by atoms with Crippen molar-refractivity contribution in [1.29, 1.82) is 0 Å². The largest absolute Gasteiger partial charge is 0.342 e. The SMILES string of the molecule is CCCC1N=C(c2ncc[nH]2)NC1=O. The van der Waals surface area contributed by atoms with Crippen LogP contribution in [-0.4, -0.2) is 27.8 Å². The van der Waals surface area contributed by atoms with Gasteiger partial charge in [-0.15, -0.1) is 0 Å². The van der Waals surface area contributed by atoms with Gasteiger partial charge in [-0.3, -0.25) is 9.79 Å². The summed E-state index contributed by atoms with van der Waals surface area (Å²) in [5.41, 5.74) is 0. The summed E-state index contributed by atoms with van der Waals surface area (Å²) in [5.74, 6) is 1.15. The van der Waals surface area contributed by atoms with Crippen LogP contribution in [-0.2, 0) is 4.79 Å². The quantitative estimate of drug-likeness (QED) is 0.730. The van der Waals surface area contributed by atoms with Gasteiger partial charge in [0.15, 0.2) is 11.7 Å². The molecular formula is C9H12N4O. The Labute approximate surface area is 81.7 Å². The van der Waals surface area contributed by atoms with Gasteiger partial charge in [-0.2, -0.15) is 0 Å². The van der Waals surface area contributed by atoms with E-state index in [9.17, 15) is 4.79 Å². The van der Waals surface area contributed by atoms with Gasteiger partial charge in [0.2, 0.25) is 5.91 Å². The number of carbonyl (C=O) groups is 1. The van der Waals surface area contributed by atoms with E-state index in [0.717, 1.165) is 12.8 Å². The number of nitrogens with zero attached hydrogens (tertiary/aromatic N) is 2. The van der Waals surface area contributed by atoms with Crippen LogP contribution in [0.3, 0.4) is 0 Å². The second kappa shape index (κ2) is 3.61. The summed E-state index contributed by atoms with van der Waals surface area (Å²) in [6.07, 6.45) is 5.08. The van der Waals surface area contributed by atoms with Crippen molar-refractivity contribution in [3.63, 3.8) is 0 Å². The Balaban J connectivity index is 2.16. The molecule has 1 aromatic rings. The molecule has 74 valence electrons. The number of hydrogen-bond acceptors (Lipinski definition) is 3. The second-order valence-corrected chi connectivity index (χ2v) is 3.21. The molecule has 0 spiro atoms. The van der Waals surface area contributed by atoms with Gasteiger partial charge in [0.1, 0.15) is 6.04 Å². The molecule has 0 aromatic carbocycles. The number of carbonyl (C=O) groups excluding carboxylic acids is 1. The predicted octanol–water partition coefficient (Wildman–Crippen LogP) is 0.455. The van der Waals surface area contributed by atoms with Gasteiger partial charge in [-0.25, -0.2) is 4.98 Å². The van der Waals surface area contributed by atoms with Crippen molar-refractivity contribution < 1.29 is 4.79 Å². The Hall–Kier alpha value is -1.65. The second-order valence-electron chi connectivity index (χ2n) is 3.21. The molecule has 0 saturated heterocycles. The van der Waals surface area contributed by atoms with Crippen LogP contribution in [0.25, 0.3) is 0 Å². The van der Waals surface area contributed by atoms with E-state index in [1.165, 1.54) is 0 Å². The first kappa shape index (κ1) is 8.93. The van der Waals surface area contributed by atoms with Crippen molar-refractivity contribution in [2.24, 2.45) is 4.99 Å². The predicted molar refractivity (Wildman–Crippen MR) is 52.0 cm³/mol. The van der Waals surface area contributed by atoms with Gasteiger partial charge in [0.25, 0.3) is 0 Å². The van der Waals surface area contributed by atoms with E-state index in [1.54, 1.807) is 12.4 Å². The Morgan fingerprint density at radius 2 is 2.43 bits per heavy atom. The number of nitrogens with one attached hydrogen (secondary N) is 2. The van der Waals surface area contributed by atoms with E-state index in [-0.39, 0.29) is 11.9 Å². The van der Waals surface area contributed by atoms with Crippen molar-refractivity contribution in [3.8, 4) is 0 Å². The first-order valence-electron chi connectivity index (χ1n) is 4.69. The van der Waals surface area contributed by atoms with Crippen LogP contribution in [0.5, 0.6) is 0 Å². The summed E-state index contributed by atoms with van der Waals surface area (Å²) in [6, 6.07) is -0.236. The third kappa shape index (κ3) is 1.53. The minimum atomic E-state index is -0.236. The van der Waals surface area contributed by atoms with Crippen molar-refractivity contribution in [2.45, 2.75) is 25.8 Å². The fourth-order valence-corrected chi connectivity index (χ4v) is 1.43. The molecule has 1 aliphatic heterocycles. The van der Waals surface area contributed by atoms with Gasteiger partial charge < -0.3 is 10.3 Å². The summed E-state index contributed by atoms with van der Waals surface area (Å²) in [7, 11) is 0. The molecule has 0 aliphatic carbocycles. The van der Waals surface area contributed by atoms with Crippen LogP contribution in [0, 0.1) is 0 Å². The van der Waals surface area contributed by atoms with Gasteiger partial charge in [0, 0.05) is 12.4 Å². The lowest BCUT2D eigenvalue weighted by Gasteiger charge is -1.99. The molecule has 14 heavy (non-hydrogen) atoms. The zero-order chi connectivity index (χ0) is 9.97. The zero-order valence-electron chi connectivity index (χ0n) is 7.95. The normalized spacial score (nSPS) is 20.8. The van der Waals surface area contributed by atoms with E-state index in [0.29, 0.717) is 11.7 Å². The summed E-state index contributed by atoms with van der Waals surface area (Å²) < 4.78 is 0. The number of H-pyrrole nitrogens is 1. The van der Waals surface area contributed by atoms with Gasteiger partial charge in [-0.05, 0) is 6.42 Å². The first-order valence-corrected chi connectivity index (χ1v) is 4.69. The molecule has 1 amide bonds. The smallest absolute Gasteiger partial charge is 0.250 e. The van der Waals surface area contributed by atoms with E-state index in [2.05, 4.69) is 20.3 Å². The average molecular weight is 192 g/mol. The Bertz CT molecular complexity index is 355. The topological polar surface area (TPSA) is 70.1 Å². The number of aliphatic imine (C=N–C) groups is 1. The number of hydrogen-bond donors (Lipinski definition) is 2. The molecule has 5 nitrogen and oxygen atoms in total. The lowest BCUT2D eigenvalue weighted by atomic mass is 10.2. The van der Waals surface area contributed by atoms with Crippen LogP contribution in [0.4, 0.5) is 0 Å². The molecule has 1 atom stereocenters. The Morgan fingerprint density at radius 3 is 3.07 bits per heavy atom. The summed E-state index contributed by atoms with van der Waals surface area (Å²) in [4.78, 5) is 22.6. The van der Waals surface area contributed by atoms with E-state index in [1.807, 2.05) is 6.92 Å². The van der Waals surface area contributed by atoms with Crippen LogP contribution >= 0.6 is 0 Å². The lowest BCUT2D eigenvalue weighted by Crippen LogP contribution is -2.29. The van der Waals surface area contributed by atoms with E-state index < -0.39 is 0 Å². The highest BCUT2D eigenvalue weighted by Gasteiger charge is 2.26. The van der Waals surface area contributed by atoms with Crippen LogP contribution < -0.4 is 5.32 Å². The number of amides is 1. The monoisotopic (exact) mass is 192 g/mol. The van der Waals surface area contributed by atoms with E-state index >= 15 is 0 Å². The molecule has 1 aliphatic rings. The first-order chi connectivity index (χ1) is 6.81. The molecule has 2 rings (SSSR count). The van der Waals surface area contributed by atoms with Gasteiger partial charge >= 0.3 is 0 Å². The maximum absolute atomic E-state index is 11.4. The zero-order valence-corrected chi connectivity index (χ0v) is 7.95. The van der Waals surface area contributed by atoms with Gasteiger partial charge in [-0.1, -0.05) is 13.3 Å². The molecule has 0 bridgehead atoms. The third-order valence-electron chi connectivity index (χ3n) is 2.11. The number of rotatable bonds is 3. The molecule has 0 radical (unpaired) electrons. The van der Waals surface area contributed by atoms with Crippen molar-refractivity contribution in [3.05, 3.63) is 18.2 Å². The summed E-state index contributed by atoms with van der Waals surface area (Å²) in [5, 5.41) is 2.71. The summed E-state index contributed by atoms with van der Waals surface area (Å²) in [6.45, 7) is 2.04. The third-order valence-corrected chi connectivity index (χ3v) is 2.11. The number of amidine groups is 1. The highest BCUT2D eigenvalue weighted by Crippen LogP contribution is 2.09. The van der Waals surface area contributed by atoms with E-state index in [4.69, 9.17) is 0 Å². The highest BCUT2D eigenvalue weighted by molar-refractivity contribution is 6.11. The minimum absolute atomic E-state index is 0.0294. The fourth-order valence-electron chi connectivity index (χ4n) is 1.43. The Kier molecular flexibility index (Phi) is 2.30. The standard InChI is InChI=1S/C9H12N4O/c1-2-3-6-9(14)13-8(12-6)7-10-4-5-11-7/h4-6H,2-3H2,1H3,(H,10,11)(H,12,13,14). The molecule has 0 fully saturated rings. The van der Waals surface area contributed by atoms with Gasteiger partial charge in [0.05, 0.1) is 0 Å². The van der Waals surface area contributed by atoms with Crippen molar-refractivity contribution in [1.82, 2.24) is 15.3 Å². The lowest BCUT2D eigenvalue weighted by molar-refractivity contribution is -0.120. The highest BCUT2D eigenvalue weighted by atomic mass is 16.2. The maximum atomic E-state index is 11.4. The van der Waals surface area contributed by atoms with Crippen LogP contribution in [0.2, 0.25) is 0 Å². The molecule has 2 heterocycles. The molecule has 2 N–H and O–H groups in total. The molecule has 1 aromatic heterocycles.